The molecule has 1 fully saturated rings. The van der Waals surface area contributed by atoms with Gasteiger partial charge in [-0.1, -0.05) is 0 Å². The third-order valence-electron chi connectivity index (χ3n) is 0.600. The maximum absolute atomic E-state index is 10.2. The smallest absolute Gasteiger partial charge is 0.870 e. The van der Waals surface area contributed by atoms with Gasteiger partial charge in [-0.25, -0.2) is 12.9 Å². The summed E-state index contributed by atoms with van der Waals surface area (Å²) in [5.74, 6) is 0. The van der Waals surface area contributed by atoms with Crippen LogP contribution in [0, 0.1) is 0 Å². The van der Waals surface area contributed by atoms with Gasteiger partial charge in [0.25, 0.3) is 23.5 Å². The van der Waals surface area contributed by atoms with Crippen molar-refractivity contribution in [1.82, 2.24) is 6.15 Å². The molecule has 104 valence electrons. The molecule has 0 amide bonds. The van der Waals surface area contributed by atoms with Crippen LogP contribution in [-0.4, -0.2) is 61.9 Å². The third kappa shape index (κ3) is 11.3. The summed E-state index contributed by atoms with van der Waals surface area (Å²) < 4.78 is 40.3. The fourth-order valence-corrected chi connectivity index (χ4v) is 4.51. The first kappa shape index (κ1) is 31.3. The van der Waals surface area contributed by atoms with Gasteiger partial charge in [0.2, 0.25) is 0 Å². The van der Waals surface area contributed by atoms with Crippen molar-refractivity contribution >= 4 is 68.9 Å². The van der Waals surface area contributed by atoms with Gasteiger partial charge in [-0.05, 0) is 0 Å². The summed E-state index contributed by atoms with van der Waals surface area (Å²) in [5.41, 5.74) is 0. The summed E-state index contributed by atoms with van der Waals surface area (Å²) in [5, 5.41) is 0. The van der Waals surface area contributed by atoms with E-state index in [-0.39, 0.29) is 68.1 Å². The summed E-state index contributed by atoms with van der Waals surface area (Å²) in [6, 6.07) is 0. The van der Waals surface area contributed by atoms with Gasteiger partial charge in [-0.3, -0.25) is 13.7 Å². The van der Waals surface area contributed by atoms with E-state index >= 15 is 0 Å². The molecule has 17 heteroatoms. The molecule has 0 atom stereocenters. The van der Waals surface area contributed by atoms with E-state index in [0.717, 1.165) is 0 Å². The Morgan fingerprint density at radius 3 is 0.882 bits per heavy atom. The van der Waals surface area contributed by atoms with Crippen molar-refractivity contribution in [3.05, 3.63) is 0 Å². The summed E-state index contributed by atoms with van der Waals surface area (Å²) in [6.07, 6.45) is 0. The minimum Gasteiger partial charge on any atom is -0.870 e. The second-order valence-corrected chi connectivity index (χ2v) is 6.23. The predicted molar refractivity (Wildman–Crippen MR) is 43.6 cm³/mol. The van der Waals surface area contributed by atoms with Crippen molar-refractivity contribution in [1.29, 1.82) is 0 Å². The molecule has 0 spiro atoms. The molecule has 0 unspecified atom stereocenters. The maximum Gasteiger partial charge on any atom is 2.00 e. The molecule has 0 aromatic rings. The molecule has 13 nitrogen and oxygen atoms in total. The monoisotopic (exact) mass is 394 g/mol. The van der Waals surface area contributed by atoms with Crippen LogP contribution in [0.4, 0.5) is 0 Å². The third-order valence-corrected chi connectivity index (χ3v) is 5.40. The van der Waals surface area contributed by atoms with Crippen molar-refractivity contribution in [3.8, 4) is 0 Å². The summed E-state index contributed by atoms with van der Waals surface area (Å²) in [4.78, 5) is 30.7. The Hall–Kier alpha value is 1.77. The van der Waals surface area contributed by atoms with Crippen LogP contribution < -0.4 is 20.8 Å². The number of hydrogen-bond donors (Lipinski definition) is 1. The first-order chi connectivity index (χ1) is 5.12. The van der Waals surface area contributed by atoms with Gasteiger partial charge in [0.15, 0.2) is 0 Å². The molecule has 0 aromatic heterocycles. The Kier molecular flexibility index (Phi) is 17.7. The van der Waals surface area contributed by atoms with E-state index in [1.165, 1.54) is 0 Å². The largest absolute Gasteiger partial charge is 2.00 e. The number of phosphoric acid groups is 3. The van der Waals surface area contributed by atoms with E-state index in [1.807, 2.05) is 0 Å². The van der Waals surface area contributed by atoms with Gasteiger partial charge >= 0.3 is 45.5 Å². The van der Waals surface area contributed by atoms with Gasteiger partial charge in [0, 0.05) is 0 Å². The Morgan fingerprint density at radius 2 is 0.765 bits per heavy atom. The van der Waals surface area contributed by atoms with Crippen LogP contribution in [0.2, 0.25) is 0 Å². The molecular formula is H7NO12P3Sr-3. The standard InChI is InChI=1S/H3N.H3O9P3.3H2O.Sr/c;1-10(2)7-11(3,4)9-12(5,6)8-10;;;;/h1H3;(H,1,2)(H,3,4)(H,5,6);3*1H2;/q;;;;;+2/p-5. The molecule has 0 aliphatic carbocycles. The van der Waals surface area contributed by atoms with E-state index in [9.17, 15) is 28.4 Å². The molecule has 0 saturated carbocycles. The van der Waals surface area contributed by atoms with Crippen molar-refractivity contribution < 1.29 is 57.7 Å². The molecule has 1 aliphatic rings. The molecule has 1 rings (SSSR count). The number of rotatable bonds is 0. The van der Waals surface area contributed by atoms with E-state index in [2.05, 4.69) is 12.9 Å². The van der Waals surface area contributed by atoms with Crippen molar-refractivity contribution in [2.75, 3.05) is 0 Å². The van der Waals surface area contributed by atoms with E-state index in [4.69, 9.17) is 0 Å². The van der Waals surface area contributed by atoms with Crippen LogP contribution in [0.3, 0.4) is 0 Å². The Morgan fingerprint density at radius 1 is 0.647 bits per heavy atom. The van der Waals surface area contributed by atoms with Crippen molar-refractivity contribution in [2.45, 2.75) is 0 Å². The zero-order valence-corrected chi connectivity index (χ0v) is 14.2. The first-order valence-electron chi connectivity index (χ1n) is 2.19. The van der Waals surface area contributed by atoms with Crippen molar-refractivity contribution in [3.63, 3.8) is 0 Å². The van der Waals surface area contributed by atoms with E-state index < -0.39 is 23.5 Å². The summed E-state index contributed by atoms with van der Waals surface area (Å²) >= 11 is 0. The molecule has 0 bridgehead atoms. The summed E-state index contributed by atoms with van der Waals surface area (Å²) in [7, 11) is -16.1. The molecule has 0 radical (unpaired) electrons. The topological polar surface area (TPSA) is 275 Å². The average Bonchev–Trinajstić information content (AvgIpc) is 1.44. The molecule has 1 saturated heterocycles. The quantitative estimate of drug-likeness (QED) is 0.342. The SMILES string of the molecule is O=P1([O-])OP(=O)([O-])OP(=O)([O-])O1.[NH4+].[OH-].[OH-].[OH-].[Sr+2]. The predicted octanol–water partition coefficient (Wildman–Crippen LogP) is -2.08. The van der Waals surface area contributed by atoms with Gasteiger partial charge in [-0.15, -0.1) is 0 Å². The second-order valence-electron chi connectivity index (χ2n) is 1.59. The second kappa shape index (κ2) is 9.64. The minimum atomic E-state index is -5.36. The van der Waals surface area contributed by atoms with Crippen LogP contribution in [0.15, 0.2) is 0 Å². The molecule has 1 aliphatic heterocycles. The number of quaternary nitrogens is 1. The average molecular weight is 394 g/mol. The van der Waals surface area contributed by atoms with Crippen LogP contribution in [-0.2, 0) is 26.6 Å². The van der Waals surface area contributed by atoms with E-state index in [1.54, 1.807) is 0 Å². The zero-order chi connectivity index (χ0) is 9.62. The van der Waals surface area contributed by atoms with Crippen molar-refractivity contribution in [2.24, 2.45) is 0 Å². The number of hydrogen-bond acceptors (Lipinski definition) is 12. The molecule has 0 aromatic carbocycles. The molecule has 7 N–H and O–H groups in total. The fourth-order valence-electron chi connectivity index (χ4n) is 0.412. The van der Waals surface area contributed by atoms with Crippen LogP contribution in [0.25, 0.3) is 0 Å². The fraction of sp³-hybridized carbons (Fsp3) is 0. The minimum absolute atomic E-state index is 0. The van der Waals surface area contributed by atoms with Gasteiger partial charge in [0.05, 0.1) is 0 Å². The summed E-state index contributed by atoms with van der Waals surface area (Å²) in [6.45, 7) is 0. The molecule has 1 heterocycles. The van der Waals surface area contributed by atoms with Crippen LogP contribution >= 0.6 is 23.5 Å². The zero-order valence-electron chi connectivity index (χ0n) is 8.06. The Balaban J connectivity index is -0.0000000960. The molecular weight excluding hydrogens is 387 g/mol. The van der Waals surface area contributed by atoms with Gasteiger partial charge in [0.1, 0.15) is 0 Å². The van der Waals surface area contributed by atoms with Crippen LogP contribution in [0.5, 0.6) is 0 Å². The van der Waals surface area contributed by atoms with Gasteiger partial charge in [-0.2, -0.15) is 0 Å². The first-order valence-corrected chi connectivity index (χ1v) is 6.57. The van der Waals surface area contributed by atoms with Crippen LogP contribution in [0.1, 0.15) is 0 Å². The Labute approximate surface area is 132 Å². The molecule has 17 heavy (non-hydrogen) atoms. The van der Waals surface area contributed by atoms with E-state index in [0.29, 0.717) is 0 Å². The Bertz CT molecular complexity index is 266. The normalized spacial score (nSPS) is 39.0. The van der Waals surface area contributed by atoms with Gasteiger partial charge < -0.3 is 37.3 Å². The maximum atomic E-state index is 10.2.